The molecule has 2 heterocycles. The summed E-state index contributed by atoms with van der Waals surface area (Å²) in [4.78, 5) is 0. The second kappa shape index (κ2) is 11.9. The zero-order valence-electron chi connectivity index (χ0n) is 21.9. The summed E-state index contributed by atoms with van der Waals surface area (Å²) in [5.41, 5.74) is 7.93. The fraction of sp³-hybridized carbons (Fsp3) is 0.438. The monoisotopic (exact) mass is 518 g/mol. The summed E-state index contributed by atoms with van der Waals surface area (Å²) in [6.07, 6.45) is 0.500. The summed E-state index contributed by atoms with van der Waals surface area (Å²) in [5.74, 6) is 0.860. The lowest BCUT2D eigenvalue weighted by molar-refractivity contribution is 0.0244. The SMILES string of the molecule is CC1PC(C)C(c2ccccc2C2C(C)PC(C)C2OCc2ccccc2)C1OCc1ccccc1. The average molecular weight is 519 g/mol. The zero-order valence-corrected chi connectivity index (χ0v) is 23.9. The van der Waals surface area contributed by atoms with E-state index in [0.29, 0.717) is 47.7 Å². The minimum Gasteiger partial charge on any atom is -0.372 e. The molecule has 10 atom stereocenters. The Morgan fingerprint density at radius 1 is 0.500 bits per heavy atom. The minimum atomic E-state index is 0.250. The van der Waals surface area contributed by atoms with Crippen molar-refractivity contribution in [1.82, 2.24) is 0 Å². The molecular formula is C32H40O2P2. The Hall–Kier alpha value is -1.56. The van der Waals surface area contributed by atoms with E-state index in [1.807, 2.05) is 0 Å². The maximum atomic E-state index is 6.71. The predicted molar refractivity (Wildman–Crippen MR) is 156 cm³/mol. The first-order valence-corrected chi connectivity index (χ1v) is 15.8. The number of hydrogen-bond donors (Lipinski definition) is 0. The largest absolute Gasteiger partial charge is 0.372 e. The van der Waals surface area contributed by atoms with Gasteiger partial charge in [0.1, 0.15) is 0 Å². The second-order valence-electron chi connectivity index (χ2n) is 10.7. The van der Waals surface area contributed by atoms with Crippen LogP contribution in [0.15, 0.2) is 84.9 Å². The van der Waals surface area contributed by atoms with E-state index in [0.717, 1.165) is 17.2 Å². The molecule has 0 spiro atoms. The third-order valence-corrected chi connectivity index (χ3v) is 11.6. The van der Waals surface area contributed by atoms with E-state index in [1.54, 1.807) is 0 Å². The summed E-state index contributed by atoms with van der Waals surface area (Å²) in [6, 6.07) is 30.5. The van der Waals surface area contributed by atoms with Gasteiger partial charge in [-0.25, -0.2) is 0 Å². The topological polar surface area (TPSA) is 18.5 Å². The molecule has 0 radical (unpaired) electrons. The molecular weight excluding hydrogens is 478 g/mol. The highest BCUT2D eigenvalue weighted by molar-refractivity contribution is 7.40. The molecule has 3 aromatic rings. The lowest BCUT2D eigenvalue weighted by Gasteiger charge is -2.32. The molecule has 2 fully saturated rings. The Labute approximate surface area is 221 Å². The third kappa shape index (κ3) is 5.63. The van der Waals surface area contributed by atoms with Gasteiger partial charge in [0.05, 0.1) is 25.4 Å². The lowest BCUT2D eigenvalue weighted by atomic mass is 9.79. The van der Waals surface area contributed by atoms with Crippen LogP contribution in [0.5, 0.6) is 0 Å². The molecule has 0 N–H and O–H groups in total. The first-order chi connectivity index (χ1) is 17.5. The van der Waals surface area contributed by atoms with Crippen LogP contribution in [0.1, 0.15) is 61.8 Å². The van der Waals surface area contributed by atoms with Crippen molar-refractivity contribution < 1.29 is 9.47 Å². The molecule has 0 aliphatic carbocycles. The van der Waals surface area contributed by atoms with Crippen molar-refractivity contribution in [1.29, 1.82) is 0 Å². The zero-order chi connectivity index (χ0) is 25.1. The van der Waals surface area contributed by atoms with E-state index >= 15 is 0 Å². The Bertz CT molecular complexity index is 1020. The molecule has 0 aromatic heterocycles. The summed E-state index contributed by atoms with van der Waals surface area (Å²) in [5, 5.41) is 0. The smallest absolute Gasteiger partial charge is 0.0721 e. The Morgan fingerprint density at radius 2 is 0.861 bits per heavy atom. The highest BCUT2D eigenvalue weighted by Gasteiger charge is 2.45. The van der Waals surface area contributed by atoms with E-state index in [9.17, 15) is 0 Å². The fourth-order valence-electron chi connectivity index (χ4n) is 6.46. The van der Waals surface area contributed by atoms with Gasteiger partial charge in [-0.3, -0.25) is 0 Å². The quantitative estimate of drug-likeness (QED) is 0.282. The van der Waals surface area contributed by atoms with Crippen molar-refractivity contribution in [3.63, 3.8) is 0 Å². The molecule has 0 bridgehead atoms. The van der Waals surface area contributed by atoms with Crippen molar-refractivity contribution in [2.24, 2.45) is 0 Å². The van der Waals surface area contributed by atoms with E-state index in [2.05, 4.69) is 113 Å². The summed E-state index contributed by atoms with van der Waals surface area (Å²) >= 11 is 0. The van der Waals surface area contributed by atoms with Gasteiger partial charge < -0.3 is 9.47 Å². The summed E-state index contributed by atoms with van der Waals surface area (Å²) < 4.78 is 13.4. The van der Waals surface area contributed by atoms with Gasteiger partial charge >= 0.3 is 0 Å². The van der Waals surface area contributed by atoms with Crippen LogP contribution in [0.2, 0.25) is 0 Å². The molecule has 2 saturated heterocycles. The second-order valence-corrected chi connectivity index (χ2v) is 15.0. The van der Waals surface area contributed by atoms with Gasteiger partial charge in [0.2, 0.25) is 0 Å². The van der Waals surface area contributed by atoms with Crippen LogP contribution < -0.4 is 0 Å². The first-order valence-electron chi connectivity index (χ1n) is 13.4. The molecule has 10 unspecified atom stereocenters. The van der Waals surface area contributed by atoms with Gasteiger partial charge in [-0.1, -0.05) is 113 Å². The van der Waals surface area contributed by atoms with Gasteiger partial charge in [-0.05, 0) is 33.6 Å². The van der Waals surface area contributed by atoms with E-state index in [1.165, 1.54) is 22.3 Å². The predicted octanol–water partition coefficient (Wildman–Crippen LogP) is 7.96. The van der Waals surface area contributed by atoms with Crippen LogP contribution in [0.4, 0.5) is 0 Å². The maximum Gasteiger partial charge on any atom is 0.0721 e. The summed E-state index contributed by atoms with van der Waals surface area (Å²) in [6.45, 7) is 11.0. The fourth-order valence-corrected chi connectivity index (χ4v) is 10.3. The Balaban J connectivity index is 1.41. The molecule has 0 saturated carbocycles. The number of rotatable bonds is 8. The van der Waals surface area contributed by atoms with Gasteiger partial charge in [0.15, 0.2) is 0 Å². The van der Waals surface area contributed by atoms with E-state index in [-0.39, 0.29) is 12.2 Å². The van der Waals surface area contributed by atoms with Gasteiger partial charge in [0, 0.05) is 23.2 Å². The van der Waals surface area contributed by atoms with Crippen molar-refractivity contribution in [2.75, 3.05) is 0 Å². The standard InChI is InChI=1S/C32H40O2P2/c1-21-29(31(23(3)35-21)33-19-25-13-7-5-8-14-25)27-17-11-12-18-28(27)30-22(2)36-24(4)32(30)34-20-26-15-9-6-10-16-26/h5-18,21-24,29-32,35-36H,19-20H2,1-4H3. The number of ether oxygens (including phenoxy) is 2. The van der Waals surface area contributed by atoms with Crippen molar-refractivity contribution in [3.8, 4) is 0 Å². The Kier molecular flexibility index (Phi) is 8.60. The minimum absolute atomic E-state index is 0.250. The molecule has 2 aliphatic rings. The van der Waals surface area contributed by atoms with E-state index < -0.39 is 0 Å². The summed E-state index contributed by atoms with van der Waals surface area (Å²) in [7, 11) is 1.85. The molecule has 36 heavy (non-hydrogen) atoms. The lowest BCUT2D eigenvalue weighted by Crippen LogP contribution is -2.31. The van der Waals surface area contributed by atoms with Gasteiger partial charge in [0.25, 0.3) is 0 Å². The van der Waals surface area contributed by atoms with Crippen LogP contribution in [-0.4, -0.2) is 34.8 Å². The molecule has 4 heteroatoms. The maximum absolute atomic E-state index is 6.71. The highest BCUT2D eigenvalue weighted by atomic mass is 31.1. The first kappa shape index (κ1) is 26.1. The average Bonchev–Trinajstić information content (AvgIpc) is 3.34. The number of hydrogen-bond acceptors (Lipinski definition) is 2. The van der Waals surface area contributed by atoms with Crippen LogP contribution in [-0.2, 0) is 22.7 Å². The van der Waals surface area contributed by atoms with E-state index in [4.69, 9.17) is 9.47 Å². The molecule has 2 aliphatic heterocycles. The molecule has 190 valence electrons. The van der Waals surface area contributed by atoms with Crippen LogP contribution in [0.25, 0.3) is 0 Å². The number of benzene rings is 3. The Morgan fingerprint density at radius 3 is 1.25 bits per heavy atom. The normalized spacial score (nSPS) is 33.4. The van der Waals surface area contributed by atoms with Crippen LogP contribution in [0, 0.1) is 0 Å². The highest BCUT2D eigenvalue weighted by Crippen LogP contribution is 2.55. The van der Waals surface area contributed by atoms with Crippen molar-refractivity contribution in [3.05, 3.63) is 107 Å². The van der Waals surface area contributed by atoms with Crippen LogP contribution >= 0.6 is 17.2 Å². The molecule has 5 rings (SSSR count). The van der Waals surface area contributed by atoms with Gasteiger partial charge in [-0.2, -0.15) is 0 Å². The van der Waals surface area contributed by atoms with Crippen molar-refractivity contribution in [2.45, 2.75) is 87.6 Å². The molecule has 3 aromatic carbocycles. The van der Waals surface area contributed by atoms with Crippen molar-refractivity contribution >= 4 is 17.2 Å². The van der Waals surface area contributed by atoms with Crippen LogP contribution in [0.3, 0.4) is 0 Å². The third-order valence-electron chi connectivity index (χ3n) is 8.11. The van der Waals surface area contributed by atoms with Gasteiger partial charge in [-0.15, -0.1) is 17.2 Å². The molecule has 0 amide bonds. The molecule has 2 nitrogen and oxygen atoms in total.